The number of rotatable bonds is 1. The van der Waals surface area contributed by atoms with Gasteiger partial charge in [-0.3, -0.25) is 0 Å². The van der Waals surface area contributed by atoms with E-state index in [1.54, 1.807) is 13.1 Å². The van der Waals surface area contributed by atoms with E-state index in [-0.39, 0.29) is 11.5 Å². The molecular weight excluding hydrogens is 204 g/mol. The van der Waals surface area contributed by atoms with E-state index in [2.05, 4.69) is 14.8 Å². The van der Waals surface area contributed by atoms with Gasteiger partial charge in [-0.15, -0.1) is 8.78 Å². The number of nitrogens with one attached hydrogen (secondary N) is 1. The Balaban J connectivity index is 0.000000531. The van der Waals surface area contributed by atoms with E-state index in [9.17, 15) is 8.78 Å². The van der Waals surface area contributed by atoms with Crippen molar-refractivity contribution < 1.29 is 18.3 Å². The Kier molecular flexibility index (Phi) is 3.34. The molecule has 1 heterocycles. The average molecular weight is 217 g/mol. The van der Waals surface area contributed by atoms with Crippen molar-refractivity contribution in [3.63, 3.8) is 0 Å². The van der Waals surface area contributed by atoms with Gasteiger partial charge in [0.25, 0.3) is 0 Å². The molecule has 0 atom stereocenters. The molecule has 0 amide bonds. The Morgan fingerprint density at radius 1 is 1.13 bits per heavy atom. The third-order valence-corrected chi connectivity index (χ3v) is 1.69. The first-order chi connectivity index (χ1) is 7.11. The molecule has 0 saturated carbocycles. The maximum Gasteiger partial charge on any atom is 0.586 e. The molecule has 0 aliphatic carbocycles. The fraction of sp³-hybridized carbons (Fsp3) is 0.400. The molecule has 0 saturated heterocycles. The first kappa shape index (κ1) is 11.6. The van der Waals surface area contributed by atoms with E-state index in [0.717, 1.165) is 0 Å². The van der Waals surface area contributed by atoms with Gasteiger partial charge in [0.1, 0.15) is 0 Å². The third-order valence-electron chi connectivity index (χ3n) is 1.69. The smallest absolute Gasteiger partial charge is 0.395 e. The summed E-state index contributed by atoms with van der Waals surface area (Å²) in [6.07, 6.45) is -3.53. The summed E-state index contributed by atoms with van der Waals surface area (Å²) in [5.41, 5.74) is 0.694. The third kappa shape index (κ3) is 2.49. The van der Waals surface area contributed by atoms with Crippen molar-refractivity contribution >= 4 is 5.69 Å². The minimum Gasteiger partial charge on any atom is -0.395 e. The van der Waals surface area contributed by atoms with Gasteiger partial charge in [-0.05, 0) is 12.1 Å². The molecule has 2 rings (SSSR count). The number of fused-ring (bicyclic) bond motifs is 1. The van der Waals surface area contributed by atoms with E-state index in [1.165, 1.54) is 12.1 Å². The molecule has 0 radical (unpaired) electrons. The monoisotopic (exact) mass is 217 g/mol. The van der Waals surface area contributed by atoms with E-state index >= 15 is 0 Å². The summed E-state index contributed by atoms with van der Waals surface area (Å²) in [4.78, 5) is 0. The van der Waals surface area contributed by atoms with Gasteiger partial charge in [-0.1, -0.05) is 13.8 Å². The van der Waals surface area contributed by atoms with Crippen molar-refractivity contribution in [2.24, 2.45) is 0 Å². The second-order valence-corrected chi connectivity index (χ2v) is 2.58. The Labute approximate surface area is 87.0 Å². The number of hydrogen-bond acceptors (Lipinski definition) is 3. The van der Waals surface area contributed by atoms with Crippen molar-refractivity contribution in [3.05, 3.63) is 18.2 Å². The van der Waals surface area contributed by atoms with Crippen LogP contribution in [-0.4, -0.2) is 13.3 Å². The van der Waals surface area contributed by atoms with E-state index in [1.807, 2.05) is 13.8 Å². The van der Waals surface area contributed by atoms with Crippen molar-refractivity contribution in [2.75, 3.05) is 12.4 Å². The highest BCUT2D eigenvalue weighted by Gasteiger charge is 2.43. The molecule has 1 aliphatic rings. The Hall–Kier alpha value is -1.52. The van der Waals surface area contributed by atoms with Crippen LogP contribution in [0.1, 0.15) is 13.8 Å². The maximum absolute atomic E-state index is 12.5. The van der Waals surface area contributed by atoms with Gasteiger partial charge in [-0.2, -0.15) is 0 Å². The van der Waals surface area contributed by atoms with E-state index < -0.39 is 6.29 Å². The van der Waals surface area contributed by atoms with Crippen LogP contribution in [0.25, 0.3) is 0 Å². The second kappa shape index (κ2) is 4.33. The van der Waals surface area contributed by atoms with Crippen LogP contribution in [0.3, 0.4) is 0 Å². The standard InChI is InChI=1S/C8H7F2NO2.C2H6/c1-11-5-2-3-6-7(4-5)13-8(9,10)12-6;1-2/h2-4,11H,1H3;1-2H3. The summed E-state index contributed by atoms with van der Waals surface area (Å²) < 4.78 is 33.5. The lowest BCUT2D eigenvalue weighted by Gasteiger charge is -2.04. The topological polar surface area (TPSA) is 30.5 Å². The van der Waals surface area contributed by atoms with Crippen molar-refractivity contribution in [1.29, 1.82) is 0 Å². The minimum absolute atomic E-state index is 0.0526. The van der Waals surface area contributed by atoms with Crippen LogP contribution in [-0.2, 0) is 0 Å². The molecular formula is C10H13F2NO2. The van der Waals surface area contributed by atoms with Gasteiger partial charge in [0.2, 0.25) is 0 Å². The minimum atomic E-state index is -3.53. The predicted octanol–water partition coefficient (Wildman–Crippen LogP) is 3.08. The van der Waals surface area contributed by atoms with Crippen LogP contribution in [0, 0.1) is 0 Å². The summed E-state index contributed by atoms with van der Waals surface area (Å²) in [7, 11) is 1.69. The zero-order valence-electron chi connectivity index (χ0n) is 8.80. The summed E-state index contributed by atoms with van der Waals surface area (Å²) >= 11 is 0. The molecule has 0 unspecified atom stereocenters. The average Bonchev–Trinajstić information content (AvgIpc) is 2.53. The molecule has 15 heavy (non-hydrogen) atoms. The molecule has 1 aromatic carbocycles. The fourth-order valence-corrected chi connectivity index (χ4v) is 1.10. The molecule has 0 spiro atoms. The van der Waals surface area contributed by atoms with Crippen LogP contribution in [0.2, 0.25) is 0 Å². The van der Waals surface area contributed by atoms with Crippen LogP contribution in [0.15, 0.2) is 18.2 Å². The number of anilines is 1. The summed E-state index contributed by atoms with van der Waals surface area (Å²) in [5.74, 6) is 0.112. The summed E-state index contributed by atoms with van der Waals surface area (Å²) in [6, 6.07) is 4.52. The molecule has 1 aromatic rings. The summed E-state index contributed by atoms with van der Waals surface area (Å²) in [5, 5.41) is 2.80. The van der Waals surface area contributed by atoms with Gasteiger partial charge in [0.05, 0.1) is 0 Å². The fourth-order valence-electron chi connectivity index (χ4n) is 1.10. The van der Waals surface area contributed by atoms with Gasteiger partial charge in [0, 0.05) is 18.8 Å². The Morgan fingerprint density at radius 2 is 1.73 bits per heavy atom. The number of halogens is 2. The van der Waals surface area contributed by atoms with Crippen molar-refractivity contribution in [3.8, 4) is 11.5 Å². The largest absolute Gasteiger partial charge is 0.586 e. The highest BCUT2D eigenvalue weighted by Crippen LogP contribution is 2.41. The molecule has 0 aromatic heterocycles. The van der Waals surface area contributed by atoms with Crippen LogP contribution >= 0.6 is 0 Å². The van der Waals surface area contributed by atoms with Gasteiger partial charge >= 0.3 is 6.29 Å². The highest BCUT2D eigenvalue weighted by molar-refractivity contribution is 5.55. The van der Waals surface area contributed by atoms with Crippen molar-refractivity contribution in [1.82, 2.24) is 0 Å². The van der Waals surface area contributed by atoms with Crippen LogP contribution in [0.5, 0.6) is 11.5 Å². The molecule has 0 bridgehead atoms. The van der Waals surface area contributed by atoms with E-state index in [4.69, 9.17) is 0 Å². The first-order valence-electron chi connectivity index (χ1n) is 4.68. The second-order valence-electron chi connectivity index (χ2n) is 2.58. The zero-order chi connectivity index (χ0) is 11.5. The van der Waals surface area contributed by atoms with E-state index in [0.29, 0.717) is 5.69 Å². The maximum atomic E-state index is 12.5. The molecule has 0 fully saturated rings. The molecule has 1 N–H and O–H groups in total. The molecule has 84 valence electrons. The molecule has 3 nitrogen and oxygen atoms in total. The Bertz CT molecular complexity index is 342. The highest BCUT2D eigenvalue weighted by atomic mass is 19.3. The van der Waals surface area contributed by atoms with Crippen LogP contribution in [0.4, 0.5) is 14.5 Å². The normalized spacial score (nSPS) is 15.3. The number of hydrogen-bond donors (Lipinski definition) is 1. The number of ether oxygens (including phenoxy) is 2. The number of benzene rings is 1. The van der Waals surface area contributed by atoms with Crippen molar-refractivity contribution in [2.45, 2.75) is 20.1 Å². The van der Waals surface area contributed by atoms with Gasteiger partial charge in [-0.25, -0.2) is 0 Å². The molecule has 5 heteroatoms. The quantitative estimate of drug-likeness (QED) is 0.784. The van der Waals surface area contributed by atoms with Gasteiger partial charge < -0.3 is 14.8 Å². The van der Waals surface area contributed by atoms with Crippen LogP contribution < -0.4 is 14.8 Å². The lowest BCUT2D eigenvalue weighted by molar-refractivity contribution is -0.286. The lowest BCUT2D eigenvalue weighted by Crippen LogP contribution is -2.25. The van der Waals surface area contributed by atoms with Gasteiger partial charge in [0.15, 0.2) is 11.5 Å². The lowest BCUT2D eigenvalue weighted by atomic mass is 10.3. The predicted molar refractivity (Wildman–Crippen MR) is 53.5 cm³/mol. The zero-order valence-corrected chi connectivity index (χ0v) is 8.80. The SMILES string of the molecule is CC.CNc1ccc2c(c1)OC(F)(F)O2. The molecule has 1 aliphatic heterocycles. The first-order valence-corrected chi connectivity index (χ1v) is 4.68. The number of alkyl halides is 2. The summed E-state index contributed by atoms with van der Waals surface area (Å²) in [6.45, 7) is 4.00. The Morgan fingerprint density at radius 3 is 2.33 bits per heavy atom.